The Kier molecular flexibility index (Phi) is 5.76. The molecule has 116 valence electrons. The van der Waals surface area contributed by atoms with Crippen molar-refractivity contribution in [1.82, 2.24) is 9.80 Å². The maximum atomic E-state index is 11.9. The molecule has 20 heavy (non-hydrogen) atoms. The van der Waals surface area contributed by atoms with Crippen LogP contribution in [0.1, 0.15) is 20.8 Å². The van der Waals surface area contributed by atoms with Crippen molar-refractivity contribution in [3.63, 3.8) is 0 Å². The molecule has 1 saturated heterocycles. The number of carbonyl (C=O) groups is 2. The standard InChI is InChI=1S/C13H24N2O5/c1-13(2,3)20-12(18)15-7-5-14(6-8-15)9-10(16)11(17)19-4/h10,16H,5-9H2,1-4H3/t10-/m0/s1. The number of methoxy groups -OCH3 is 1. The zero-order valence-electron chi connectivity index (χ0n) is 12.6. The van der Waals surface area contributed by atoms with Crippen LogP contribution in [0.25, 0.3) is 0 Å². The van der Waals surface area contributed by atoms with E-state index in [1.807, 2.05) is 25.7 Å². The Morgan fingerprint density at radius 1 is 1.20 bits per heavy atom. The van der Waals surface area contributed by atoms with Crippen LogP contribution >= 0.6 is 0 Å². The van der Waals surface area contributed by atoms with Crippen molar-refractivity contribution < 1.29 is 24.2 Å². The van der Waals surface area contributed by atoms with E-state index in [2.05, 4.69) is 4.74 Å². The molecular weight excluding hydrogens is 264 g/mol. The molecule has 1 fully saturated rings. The van der Waals surface area contributed by atoms with E-state index >= 15 is 0 Å². The maximum absolute atomic E-state index is 11.9. The van der Waals surface area contributed by atoms with Crippen molar-refractivity contribution in [3.8, 4) is 0 Å². The molecule has 0 aliphatic carbocycles. The van der Waals surface area contributed by atoms with Crippen LogP contribution in [0.3, 0.4) is 0 Å². The molecule has 0 saturated carbocycles. The highest BCUT2D eigenvalue weighted by Crippen LogP contribution is 2.12. The summed E-state index contributed by atoms with van der Waals surface area (Å²) in [6, 6.07) is 0. The number of nitrogens with zero attached hydrogens (tertiary/aromatic N) is 2. The van der Waals surface area contributed by atoms with Crippen molar-refractivity contribution >= 4 is 12.1 Å². The molecule has 7 heteroatoms. The minimum atomic E-state index is -1.15. The van der Waals surface area contributed by atoms with Crippen molar-refractivity contribution in [3.05, 3.63) is 0 Å². The Morgan fingerprint density at radius 3 is 2.20 bits per heavy atom. The highest BCUT2D eigenvalue weighted by molar-refractivity contribution is 5.74. The van der Waals surface area contributed by atoms with E-state index in [1.165, 1.54) is 7.11 Å². The van der Waals surface area contributed by atoms with Crippen LogP contribution in [0.5, 0.6) is 0 Å². The van der Waals surface area contributed by atoms with Crippen molar-refractivity contribution in [2.45, 2.75) is 32.5 Å². The molecular formula is C13H24N2O5. The van der Waals surface area contributed by atoms with Gasteiger partial charge in [0, 0.05) is 32.7 Å². The first-order chi connectivity index (χ1) is 9.23. The number of hydrogen-bond acceptors (Lipinski definition) is 6. The Bertz CT molecular complexity index is 345. The molecule has 1 rings (SSSR count). The van der Waals surface area contributed by atoms with E-state index in [9.17, 15) is 14.7 Å². The Morgan fingerprint density at radius 2 is 1.75 bits per heavy atom. The van der Waals surface area contributed by atoms with Gasteiger partial charge >= 0.3 is 12.1 Å². The van der Waals surface area contributed by atoms with E-state index in [1.54, 1.807) is 4.90 Å². The van der Waals surface area contributed by atoms with Gasteiger partial charge < -0.3 is 19.5 Å². The van der Waals surface area contributed by atoms with Gasteiger partial charge in [0.25, 0.3) is 0 Å². The minimum Gasteiger partial charge on any atom is -0.467 e. The average molecular weight is 288 g/mol. The molecule has 7 nitrogen and oxygen atoms in total. The summed E-state index contributed by atoms with van der Waals surface area (Å²) in [5.41, 5.74) is -0.505. The number of ether oxygens (including phenoxy) is 2. The summed E-state index contributed by atoms with van der Waals surface area (Å²) in [7, 11) is 1.24. The van der Waals surface area contributed by atoms with Crippen molar-refractivity contribution in [2.75, 3.05) is 39.8 Å². The molecule has 1 N–H and O–H groups in total. The topological polar surface area (TPSA) is 79.3 Å². The molecule has 0 bridgehead atoms. The molecule has 1 atom stereocenters. The summed E-state index contributed by atoms with van der Waals surface area (Å²) in [5, 5.41) is 9.58. The second-order valence-corrected chi connectivity index (χ2v) is 5.81. The highest BCUT2D eigenvalue weighted by Gasteiger charge is 2.27. The summed E-state index contributed by atoms with van der Waals surface area (Å²) in [6.07, 6.45) is -1.47. The zero-order valence-corrected chi connectivity index (χ0v) is 12.6. The van der Waals surface area contributed by atoms with Gasteiger partial charge in [0.05, 0.1) is 7.11 Å². The fourth-order valence-electron chi connectivity index (χ4n) is 1.89. The molecule has 0 aromatic rings. The van der Waals surface area contributed by atoms with Crippen LogP contribution in [0.2, 0.25) is 0 Å². The van der Waals surface area contributed by atoms with Gasteiger partial charge in [-0.2, -0.15) is 0 Å². The van der Waals surface area contributed by atoms with Crippen LogP contribution in [0.15, 0.2) is 0 Å². The molecule has 1 amide bonds. The molecule has 1 aliphatic rings. The average Bonchev–Trinajstić information content (AvgIpc) is 2.36. The Hall–Kier alpha value is -1.34. The van der Waals surface area contributed by atoms with Gasteiger partial charge in [-0.1, -0.05) is 0 Å². The van der Waals surface area contributed by atoms with Crippen LogP contribution in [-0.4, -0.2) is 78.5 Å². The minimum absolute atomic E-state index is 0.217. The number of aliphatic hydroxyl groups excluding tert-OH is 1. The smallest absolute Gasteiger partial charge is 0.410 e. The first-order valence-corrected chi connectivity index (χ1v) is 6.69. The fourth-order valence-corrected chi connectivity index (χ4v) is 1.89. The monoisotopic (exact) mass is 288 g/mol. The van der Waals surface area contributed by atoms with Crippen LogP contribution in [0, 0.1) is 0 Å². The van der Waals surface area contributed by atoms with Gasteiger partial charge in [-0.25, -0.2) is 9.59 Å². The van der Waals surface area contributed by atoms with Gasteiger partial charge in [0.15, 0.2) is 6.10 Å². The number of β-amino-alcohol motifs (C(OH)–C–C–N with tert-alkyl or cyclic N) is 1. The third-order valence-corrected chi connectivity index (χ3v) is 2.93. The van der Waals surface area contributed by atoms with Crippen molar-refractivity contribution in [2.24, 2.45) is 0 Å². The second kappa shape index (κ2) is 6.90. The summed E-state index contributed by atoms with van der Waals surface area (Å²) in [6.45, 7) is 7.91. The summed E-state index contributed by atoms with van der Waals surface area (Å²) in [5.74, 6) is -0.639. The van der Waals surface area contributed by atoms with Gasteiger partial charge in [-0.05, 0) is 20.8 Å². The number of carbonyl (C=O) groups excluding carboxylic acids is 2. The summed E-state index contributed by atoms with van der Waals surface area (Å²) >= 11 is 0. The lowest BCUT2D eigenvalue weighted by Crippen LogP contribution is -2.52. The molecule has 1 heterocycles. The lowest BCUT2D eigenvalue weighted by atomic mass is 10.2. The largest absolute Gasteiger partial charge is 0.467 e. The van der Waals surface area contributed by atoms with Gasteiger partial charge in [-0.15, -0.1) is 0 Å². The van der Waals surface area contributed by atoms with Gasteiger partial charge in [-0.3, -0.25) is 4.90 Å². The lowest BCUT2D eigenvalue weighted by molar-refractivity contribution is -0.151. The van der Waals surface area contributed by atoms with Gasteiger partial charge in [0.1, 0.15) is 5.60 Å². The molecule has 1 aliphatic heterocycles. The SMILES string of the molecule is COC(=O)[C@@H](O)CN1CCN(C(=O)OC(C)(C)C)CC1. The van der Waals surface area contributed by atoms with Crippen LogP contribution in [0.4, 0.5) is 4.79 Å². The maximum Gasteiger partial charge on any atom is 0.410 e. The lowest BCUT2D eigenvalue weighted by Gasteiger charge is -2.35. The van der Waals surface area contributed by atoms with Gasteiger partial charge in [0.2, 0.25) is 0 Å². The first kappa shape index (κ1) is 16.7. The number of hydrogen-bond donors (Lipinski definition) is 1. The fraction of sp³-hybridized carbons (Fsp3) is 0.846. The molecule has 0 aromatic heterocycles. The first-order valence-electron chi connectivity index (χ1n) is 6.69. The van der Waals surface area contributed by atoms with Crippen LogP contribution in [-0.2, 0) is 14.3 Å². The van der Waals surface area contributed by atoms with Crippen molar-refractivity contribution in [1.29, 1.82) is 0 Å². The van der Waals surface area contributed by atoms with E-state index in [4.69, 9.17) is 4.74 Å². The number of esters is 1. The van der Waals surface area contributed by atoms with E-state index in [-0.39, 0.29) is 12.6 Å². The number of piperazine rings is 1. The number of amides is 1. The summed E-state index contributed by atoms with van der Waals surface area (Å²) in [4.78, 5) is 26.5. The predicted molar refractivity (Wildman–Crippen MR) is 72.3 cm³/mol. The molecule has 0 aromatic carbocycles. The Balaban J connectivity index is 2.36. The Labute approximate surface area is 119 Å². The predicted octanol–water partition coefficient (Wildman–Crippen LogP) is 0.0730. The third kappa shape index (κ3) is 5.34. The molecule has 0 spiro atoms. The van der Waals surface area contributed by atoms with Crippen LogP contribution < -0.4 is 0 Å². The second-order valence-electron chi connectivity index (χ2n) is 5.81. The number of rotatable bonds is 3. The normalized spacial score (nSPS) is 18.6. The van der Waals surface area contributed by atoms with E-state index in [0.29, 0.717) is 26.2 Å². The van der Waals surface area contributed by atoms with E-state index in [0.717, 1.165) is 0 Å². The third-order valence-electron chi connectivity index (χ3n) is 2.93. The summed E-state index contributed by atoms with van der Waals surface area (Å²) < 4.78 is 9.76. The quantitative estimate of drug-likeness (QED) is 0.741. The van der Waals surface area contributed by atoms with E-state index < -0.39 is 17.7 Å². The molecule has 0 radical (unpaired) electrons. The molecule has 0 unspecified atom stereocenters. The zero-order chi connectivity index (χ0) is 15.3. The number of aliphatic hydroxyl groups is 1. The highest BCUT2D eigenvalue weighted by atomic mass is 16.6.